The maximum atomic E-state index is 13.8. The lowest BCUT2D eigenvalue weighted by molar-refractivity contribution is 0.657. The summed E-state index contributed by atoms with van der Waals surface area (Å²) in [6.45, 7) is 10.0. The molecule has 40 heavy (non-hydrogen) atoms. The Bertz CT molecular complexity index is 1910. The van der Waals surface area contributed by atoms with Crippen molar-refractivity contribution in [2.45, 2.75) is 13.3 Å². The predicted octanol–water partition coefficient (Wildman–Crippen LogP) is 6.56. The molecule has 0 fully saturated rings. The van der Waals surface area contributed by atoms with Gasteiger partial charge in [-0.15, -0.1) is 11.3 Å². The molecule has 5 nitrogen and oxygen atoms in total. The van der Waals surface area contributed by atoms with E-state index >= 15 is 0 Å². The highest BCUT2D eigenvalue weighted by molar-refractivity contribution is 7.11. The van der Waals surface area contributed by atoms with E-state index in [4.69, 9.17) is 0 Å². The molecule has 4 aromatic heterocycles. The lowest BCUT2D eigenvalue weighted by Crippen LogP contribution is -2.38. The first-order chi connectivity index (χ1) is 19.5. The van der Waals surface area contributed by atoms with Gasteiger partial charge in [0.15, 0.2) is 10.6 Å². The largest absolute Gasteiger partial charge is 0.358 e. The normalized spacial score (nSPS) is 12.3. The van der Waals surface area contributed by atoms with Crippen molar-refractivity contribution in [3.05, 3.63) is 153 Å². The molecule has 0 radical (unpaired) electrons. The van der Waals surface area contributed by atoms with Crippen molar-refractivity contribution in [1.29, 1.82) is 0 Å². The Labute approximate surface area is 235 Å². The zero-order chi connectivity index (χ0) is 27.6. The highest BCUT2D eigenvalue weighted by Crippen LogP contribution is 2.33. The Morgan fingerprint density at radius 1 is 1.05 bits per heavy atom. The standard InChI is InChI=1S/C33H26FN5S/c1-4-8-26(30-11-12-31(34)40-30)27-16-29(38-21(27)3)32-28-15-24(18-36-33(28)39-32)23-14-25(19-35-17-23)37-20(2)13-22-9-6-5-7-10-22/h4-12,14-19,37-38H,1-2,13H2,3H3/b26-8+. The van der Waals surface area contributed by atoms with E-state index in [2.05, 4.69) is 62.7 Å². The Hall–Kier alpha value is -4.88. The van der Waals surface area contributed by atoms with Crippen LogP contribution in [0.3, 0.4) is 0 Å². The first-order valence-corrected chi connectivity index (χ1v) is 13.6. The molecule has 0 saturated carbocycles. The molecule has 6 rings (SSSR count). The van der Waals surface area contributed by atoms with Gasteiger partial charge in [0, 0.05) is 62.6 Å². The summed E-state index contributed by atoms with van der Waals surface area (Å²) in [6, 6.07) is 19.7. The van der Waals surface area contributed by atoms with Gasteiger partial charge in [0.25, 0.3) is 0 Å². The number of benzene rings is 1. The minimum absolute atomic E-state index is 0.219. The quantitative estimate of drug-likeness (QED) is 0.207. The zero-order valence-corrected chi connectivity index (χ0v) is 22.7. The molecule has 1 aliphatic rings. The van der Waals surface area contributed by atoms with Crippen molar-refractivity contribution < 1.29 is 4.39 Å². The molecule has 5 heterocycles. The second kappa shape index (κ2) is 10.7. The first-order valence-electron chi connectivity index (χ1n) is 12.8. The van der Waals surface area contributed by atoms with Gasteiger partial charge in [0.05, 0.1) is 17.6 Å². The van der Waals surface area contributed by atoms with Gasteiger partial charge >= 0.3 is 0 Å². The molecule has 0 saturated heterocycles. The SMILES string of the molecule is C=C/C=C(/c1ccc(F)s1)c1cc(C2=c3cc(-c4cncc(NC(=C)Cc5ccccc5)c4)cnc3=N2)[nH]c1C. The second-order valence-electron chi connectivity index (χ2n) is 9.55. The van der Waals surface area contributed by atoms with E-state index in [1.807, 2.05) is 49.7 Å². The number of allylic oxidation sites excluding steroid dienone is 3. The molecule has 7 heteroatoms. The Morgan fingerprint density at radius 3 is 2.65 bits per heavy atom. The summed E-state index contributed by atoms with van der Waals surface area (Å²) < 4.78 is 13.8. The fourth-order valence-electron chi connectivity index (χ4n) is 4.80. The molecule has 0 unspecified atom stereocenters. The Balaban J connectivity index is 1.29. The number of aromatic nitrogens is 3. The predicted molar refractivity (Wildman–Crippen MR) is 161 cm³/mol. The van der Waals surface area contributed by atoms with Gasteiger partial charge in [0.1, 0.15) is 5.70 Å². The van der Waals surface area contributed by atoms with E-state index in [-0.39, 0.29) is 5.13 Å². The van der Waals surface area contributed by atoms with Gasteiger partial charge in [0.2, 0.25) is 0 Å². The smallest absolute Gasteiger partial charge is 0.176 e. The number of pyridine rings is 2. The summed E-state index contributed by atoms with van der Waals surface area (Å²) in [4.78, 5) is 18.0. The maximum Gasteiger partial charge on any atom is 0.176 e. The van der Waals surface area contributed by atoms with E-state index in [0.717, 1.165) is 78.6 Å². The molecular weight excluding hydrogens is 517 g/mol. The summed E-state index contributed by atoms with van der Waals surface area (Å²) in [5.74, 6) is 0. The molecule has 1 aliphatic heterocycles. The Kier molecular flexibility index (Phi) is 6.80. The van der Waals surface area contributed by atoms with Crippen molar-refractivity contribution in [3.8, 4) is 11.1 Å². The number of rotatable bonds is 9. The Morgan fingerprint density at radius 2 is 1.88 bits per heavy atom. The summed E-state index contributed by atoms with van der Waals surface area (Å²) in [5.41, 5.74) is 10.1. The van der Waals surface area contributed by atoms with Crippen molar-refractivity contribution in [3.63, 3.8) is 0 Å². The second-order valence-corrected chi connectivity index (χ2v) is 10.6. The zero-order valence-electron chi connectivity index (χ0n) is 21.9. The molecule has 5 aromatic rings. The summed E-state index contributed by atoms with van der Waals surface area (Å²) in [6.07, 6.45) is 9.79. The van der Waals surface area contributed by atoms with Crippen LogP contribution in [0.25, 0.3) is 22.4 Å². The molecule has 0 bridgehead atoms. The number of aromatic amines is 1. The molecule has 0 spiro atoms. The fourth-order valence-corrected chi connectivity index (χ4v) is 5.57. The molecule has 196 valence electrons. The minimum atomic E-state index is -0.219. The number of anilines is 1. The van der Waals surface area contributed by atoms with Crippen LogP contribution in [0, 0.1) is 12.1 Å². The lowest BCUT2D eigenvalue weighted by Gasteiger charge is -2.12. The van der Waals surface area contributed by atoms with Crippen LogP contribution in [0.15, 0.2) is 115 Å². The number of hydrogen-bond acceptors (Lipinski definition) is 5. The third-order valence-electron chi connectivity index (χ3n) is 6.68. The topological polar surface area (TPSA) is 66.0 Å². The van der Waals surface area contributed by atoms with Gasteiger partial charge in [-0.2, -0.15) is 4.39 Å². The molecule has 2 N–H and O–H groups in total. The number of nitrogens with one attached hydrogen (secondary N) is 2. The average molecular weight is 544 g/mol. The van der Waals surface area contributed by atoms with Crippen LogP contribution in [-0.2, 0) is 6.42 Å². The van der Waals surface area contributed by atoms with E-state index in [1.165, 1.54) is 11.6 Å². The van der Waals surface area contributed by atoms with Crippen LogP contribution >= 0.6 is 11.3 Å². The summed E-state index contributed by atoms with van der Waals surface area (Å²) >= 11 is 1.12. The molecule has 0 amide bonds. The van der Waals surface area contributed by atoms with Gasteiger partial charge in [-0.25, -0.2) is 9.98 Å². The van der Waals surface area contributed by atoms with Crippen LogP contribution in [0.4, 0.5) is 10.1 Å². The number of H-pyrrole nitrogens is 1. The monoisotopic (exact) mass is 543 g/mol. The first kappa shape index (κ1) is 25.4. The highest BCUT2D eigenvalue weighted by atomic mass is 32.1. The average Bonchev–Trinajstić information content (AvgIpc) is 3.53. The molecule has 1 aromatic carbocycles. The number of nitrogens with zero attached hydrogens (tertiary/aromatic N) is 3. The van der Waals surface area contributed by atoms with E-state index in [9.17, 15) is 4.39 Å². The van der Waals surface area contributed by atoms with Gasteiger partial charge in [-0.1, -0.05) is 55.6 Å². The van der Waals surface area contributed by atoms with Gasteiger partial charge < -0.3 is 10.3 Å². The lowest BCUT2D eigenvalue weighted by atomic mass is 10.0. The maximum absolute atomic E-state index is 13.8. The van der Waals surface area contributed by atoms with Crippen molar-refractivity contribution in [1.82, 2.24) is 15.0 Å². The summed E-state index contributed by atoms with van der Waals surface area (Å²) in [5, 5.41) is 4.13. The van der Waals surface area contributed by atoms with Crippen molar-refractivity contribution in [2.24, 2.45) is 4.99 Å². The molecule has 0 atom stereocenters. The van der Waals surface area contributed by atoms with Gasteiger partial charge in [-0.05, 0) is 42.8 Å². The number of thiophene rings is 1. The third kappa shape index (κ3) is 5.07. The number of halogens is 1. The minimum Gasteiger partial charge on any atom is -0.358 e. The van der Waals surface area contributed by atoms with Crippen LogP contribution in [0.5, 0.6) is 0 Å². The van der Waals surface area contributed by atoms with Crippen LogP contribution in [0.1, 0.15) is 27.4 Å². The van der Waals surface area contributed by atoms with E-state index < -0.39 is 0 Å². The van der Waals surface area contributed by atoms with Crippen LogP contribution in [-0.4, -0.2) is 15.0 Å². The van der Waals surface area contributed by atoms with Crippen molar-refractivity contribution in [2.75, 3.05) is 5.32 Å². The molecule has 0 aliphatic carbocycles. The van der Waals surface area contributed by atoms with Crippen LogP contribution in [0.2, 0.25) is 0 Å². The highest BCUT2D eigenvalue weighted by Gasteiger charge is 2.19. The fraction of sp³-hybridized carbons (Fsp3) is 0.0606. The summed E-state index contributed by atoms with van der Waals surface area (Å²) in [7, 11) is 0. The van der Waals surface area contributed by atoms with E-state index in [0.29, 0.717) is 5.49 Å². The number of fused-ring (bicyclic) bond motifs is 1. The number of hydrogen-bond donors (Lipinski definition) is 2. The number of aryl methyl sites for hydroxylation is 1. The van der Waals surface area contributed by atoms with Crippen LogP contribution < -0.4 is 16.0 Å². The third-order valence-corrected chi connectivity index (χ3v) is 7.58. The van der Waals surface area contributed by atoms with E-state index in [1.54, 1.807) is 18.3 Å². The van der Waals surface area contributed by atoms with Gasteiger partial charge in [-0.3, -0.25) is 4.98 Å². The van der Waals surface area contributed by atoms with Crippen molar-refractivity contribution >= 4 is 28.3 Å². The molecular formula is C33H26FN5S.